The number of anilines is 2. The summed E-state index contributed by atoms with van der Waals surface area (Å²) in [5.74, 6) is -0.969. The SMILES string of the molecule is CN(Cc1ccc(I)cc1)c1ccc(C(=O)O)cc1N. The van der Waals surface area contributed by atoms with E-state index in [4.69, 9.17) is 10.8 Å². The third-order valence-electron chi connectivity index (χ3n) is 3.02. The van der Waals surface area contributed by atoms with Crippen molar-refractivity contribution in [1.29, 1.82) is 0 Å². The lowest BCUT2D eigenvalue weighted by Crippen LogP contribution is -2.18. The first-order valence-electron chi connectivity index (χ1n) is 6.06. The number of aromatic carboxylic acids is 1. The number of hydrogen-bond donors (Lipinski definition) is 2. The minimum absolute atomic E-state index is 0.203. The second kappa shape index (κ2) is 6.13. The summed E-state index contributed by atoms with van der Waals surface area (Å²) < 4.78 is 1.19. The van der Waals surface area contributed by atoms with E-state index in [1.807, 2.05) is 11.9 Å². The molecular formula is C15H15IN2O2. The molecule has 0 radical (unpaired) electrons. The van der Waals surface area contributed by atoms with Crippen LogP contribution in [-0.4, -0.2) is 18.1 Å². The molecule has 0 saturated heterocycles. The second-order valence-electron chi connectivity index (χ2n) is 4.56. The zero-order valence-electron chi connectivity index (χ0n) is 11.0. The zero-order valence-corrected chi connectivity index (χ0v) is 13.2. The van der Waals surface area contributed by atoms with E-state index in [9.17, 15) is 4.79 Å². The molecular weight excluding hydrogens is 367 g/mol. The molecule has 0 aliphatic heterocycles. The highest BCUT2D eigenvalue weighted by Crippen LogP contribution is 2.25. The zero-order chi connectivity index (χ0) is 14.7. The van der Waals surface area contributed by atoms with Crippen LogP contribution in [0.4, 0.5) is 11.4 Å². The van der Waals surface area contributed by atoms with Crippen molar-refractivity contribution in [3.63, 3.8) is 0 Å². The van der Waals surface area contributed by atoms with Crippen molar-refractivity contribution in [3.8, 4) is 0 Å². The fourth-order valence-corrected chi connectivity index (χ4v) is 2.34. The molecule has 104 valence electrons. The Morgan fingerprint density at radius 1 is 1.25 bits per heavy atom. The van der Waals surface area contributed by atoms with Gasteiger partial charge in [0.1, 0.15) is 0 Å². The Labute approximate surface area is 131 Å². The van der Waals surface area contributed by atoms with Gasteiger partial charge in [0, 0.05) is 17.2 Å². The Bertz CT molecular complexity index is 626. The van der Waals surface area contributed by atoms with Gasteiger partial charge in [-0.3, -0.25) is 0 Å². The maximum atomic E-state index is 10.9. The van der Waals surface area contributed by atoms with Crippen molar-refractivity contribution in [2.24, 2.45) is 0 Å². The van der Waals surface area contributed by atoms with E-state index in [0.29, 0.717) is 12.2 Å². The summed E-state index contributed by atoms with van der Waals surface area (Å²) in [4.78, 5) is 12.9. The number of hydrogen-bond acceptors (Lipinski definition) is 3. The molecule has 0 bridgehead atoms. The quantitative estimate of drug-likeness (QED) is 0.630. The molecule has 2 aromatic carbocycles. The highest BCUT2D eigenvalue weighted by Gasteiger charge is 2.10. The van der Waals surface area contributed by atoms with Gasteiger partial charge in [-0.1, -0.05) is 12.1 Å². The van der Waals surface area contributed by atoms with Gasteiger partial charge in [-0.25, -0.2) is 4.79 Å². The number of nitrogens with two attached hydrogens (primary N) is 1. The van der Waals surface area contributed by atoms with Crippen LogP contribution in [0.3, 0.4) is 0 Å². The average Bonchev–Trinajstić information content (AvgIpc) is 2.41. The summed E-state index contributed by atoms with van der Waals surface area (Å²) in [6.07, 6.45) is 0. The van der Waals surface area contributed by atoms with Crippen LogP contribution in [-0.2, 0) is 6.54 Å². The van der Waals surface area contributed by atoms with Gasteiger partial charge in [-0.05, 0) is 58.5 Å². The minimum Gasteiger partial charge on any atom is -0.478 e. The highest BCUT2D eigenvalue weighted by atomic mass is 127. The maximum Gasteiger partial charge on any atom is 0.335 e. The predicted molar refractivity (Wildman–Crippen MR) is 89.1 cm³/mol. The van der Waals surface area contributed by atoms with E-state index in [-0.39, 0.29) is 5.56 Å². The van der Waals surface area contributed by atoms with Crippen molar-refractivity contribution in [1.82, 2.24) is 0 Å². The molecule has 0 saturated carbocycles. The lowest BCUT2D eigenvalue weighted by molar-refractivity contribution is 0.0697. The fraction of sp³-hybridized carbons (Fsp3) is 0.133. The van der Waals surface area contributed by atoms with E-state index in [2.05, 4.69) is 46.9 Å². The fourth-order valence-electron chi connectivity index (χ4n) is 1.98. The number of carboxylic acid groups (broad SMARTS) is 1. The molecule has 20 heavy (non-hydrogen) atoms. The molecule has 0 aromatic heterocycles. The number of halogens is 1. The molecule has 0 unspecified atom stereocenters. The van der Waals surface area contributed by atoms with Crippen LogP contribution in [0.2, 0.25) is 0 Å². The van der Waals surface area contributed by atoms with E-state index in [1.54, 1.807) is 12.1 Å². The van der Waals surface area contributed by atoms with Gasteiger partial charge in [0.2, 0.25) is 0 Å². The standard InChI is InChI=1S/C15H15IN2O2/c1-18(9-10-2-5-12(16)6-3-10)14-7-4-11(15(19)20)8-13(14)17/h2-8H,9,17H2,1H3,(H,19,20). The summed E-state index contributed by atoms with van der Waals surface area (Å²) in [7, 11) is 1.93. The Balaban J connectivity index is 2.18. The van der Waals surface area contributed by atoms with Crippen LogP contribution < -0.4 is 10.6 Å². The van der Waals surface area contributed by atoms with E-state index >= 15 is 0 Å². The van der Waals surface area contributed by atoms with Gasteiger partial charge < -0.3 is 15.7 Å². The summed E-state index contributed by atoms with van der Waals surface area (Å²) in [5.41, 5.74) is 8.61. The molecule has 5 heteroatoms. The molecule has 0 heterocycles. The van der Waals surface area contributed by atoms with Crippen molar-refractivity contribution in [2.45, 2.75) is 6.54 Å². The number of carbonyl (C=O) groups is 1. The van der Waals surface area contributed by atoms with E-state index < -0.39 is 5.97 Å². The molecule has 0 atom stereocenters. The number of rotatable bonds is 4. The Kier molecular flexibility index (Phi) is 4.49. The van der Waals surface area contributed by atoms with Crippen LogP contribution >= 0.6 is 22.6 Å². The highest BCUT2D eigenvalue weighted by molar-refractivity contribution is 14.1. The number of nitrogens with zero attached hydrogens (tertiary/aromatic N) is 1. The molecule has 0 aliphatic rings. The largest absolute Gasteiger partial charge is 0.478 e. The molecule has 0 fully saturated rings. The summed E-state index contributed by atoms with van der Waals surface area (Å²) in [5, 5.41) is 8.93. The summed E-state index contributed by atoms with van der Waals surface area (Å²) in [6, 6.07) is 13.0. The Morgan fingerprint density at radius 3 is 2.45 bits per heavy atom. The minimum atomic E-state index is -0.969. The lowest BCUT2D eigenvalue weighted by Gasteiger charge is -2.21. The van der Waals surface area contributed by atoms with Crippen molar-refractivity contribution >= 4 is 39.9 Å². The predicted octanol–water partition coefficient (Wildman–Crippen LogP) is 3.21. The van der Waals surface area contributed by atoms with Crippen molar-refractivity contribution < 1.29 is 9.90 Å². The number of benzene rings is 2. The van der Waals surface area contributed by atoms with Gasteiger partial charge in [0.15, 0.2) is 0 Å². The molecule has 3 N–H and O–H groups in total. The number of nitrogen functional groups attached to an aromatic ring is 1. The second-order valence-corrected chi connectivity index (χ2v) is 5.81. The van der Waals surface area contributed by atoms with Crippen molar-refractivity contribution in [3.05, 3.63) is 57.2 Å². The molecule has 4 nitrogen and oxygen atoms in total. The van der Waals surface area contributed by atoms with E-state index in [1.165, 1.54) is 15.2 Å². The van der Waals surface area contributed by atoms with Gasteiger partial charge in [0.05, 0.1) is 16.9 Å². The van der Waals surface area contributed by atoms with Gasteiger partial charge in [-0.15, -0.1) is 0 Å². The van der Waals surface area contributed by atoms with Gasteiger partial charge in [0.25, 0.3) is 0 Å². The van der Waals surface area contributed by atoms with E-state index in [0.717, 1.165) is 5.69 Å². The topological polar surface area (TPSA) is 66.6 Å². The smallest absolute Gasteiger partial charge is 0.335 e. The molecule has 2 rings (SSSR count). The first-order valence-corrected chi connectivity index (χ1v) is 7.13. The molecule has 0 amide bonds. The van der Waals surface area contributed by atoms with Gasteiger partial charge >= 0.3 is 5.97 Å². The molecule has 0 spiro atoms. The normalized spacial score (nSPS) is 10.3. The van der Waals surface area contributed by atoms with Gasteiger partial charge in [-0.2, -0.15) is 0 Å². The summed E-state index contributed by atoms with van der Waals surface area (Å²) in [6.45, 7) is 0.716. The molecule has 2 aromatic rings. The lowest BCUT2D eigenvalue weighted by atomic mass is 10.1. The third-order valence-corrected chi connectivity index (χ3v) is 3.74. The maximum absolute atomic E-state index is 10.9. The summed E-state index contributed by atoms with van der Waals surface area (Å²) >= 11 is 2.27. The third kappa shape index (κ3) is 3.41. The van der Waals surface area contributed by atoms with Crippen LogP contribution in [0.1, 0.15) is 15.9 Å². The Morgan fingerprint density at radius 2 is 1.90 bits per heavy atom. The number of carboxylic acids is 1. The average molecular weight is 382 g/mol. The van der Waals surface area contributed by atoms with Crippen molar-refractivity contribution in [2.75, 3.05) is 17.7 Å². The van der Waals surface area contributed by atoms with Crippen LogP contribution in [0.15, 0.2) is 42.5 Å². The monoisotopic (exact) mass is 382 g/mol. The first-order chi connectivity index (χ1) is 9.47. The van der Waals surface area contributed by atoms with Crippen LogP contribution in [0.5, 0.6) is 0 Å². The Hall–Kier alpha value is -1.76. The molecule has 0 aliphatic carbocycles. The van der Waals surface area contributed by atoms with Crippen LogP contribution in [0.25, 0.3) is 0 Å². The van der Waals surface area contributed by atoms with Crippen LogP contribution in [0, 0.1) is 3.57 Å². The first kappa shape index (κ1) is 14.6.